The summed E-state index contributed by atoms with van der Waals surface area (Å²) in [5.74, 6) is 0.545. The van der Waals surface area contributed by atoms with Crippen LogP contribution in [0, 0.1) is 12.8 Å². The highest BCUT2D eigenvalue weighted by Crippen LogP contribution is 2.39. The van der Waals surface area contributed by atoms with Crippen molar-refractivity contribution in [3.05, 3.63) is 38.2 Å². The molecular formula is C19H22ClNO5. The maximum absolute atomic E-state index is 12.5. The molecule has 0 spiro atoms. The summed E-state index contributed by atoms with van der Waals surface area (Å²) in [6, 6.07) is 1.73. The molecule has 1 aliphatic heterocycles. The predicted molar refractivity (Wildman–Crippen MR) is 98.7 cm³/mol. The minimum absolute atomic E-state index is 0.134. The summed E-state index contributed by atoms with van der Waals surface area (Å²) in [6.07, 6.45) is -0.134. The van der Waals surface area contributed by atoms with Crippen LogP contribution in [0.3, 0.4) is 0 Å². The molecule has 0 atom stereocenters. The maximum atomic E-state index is 12.5. The second-order valence-electron chi connectivity index (χ2n) is 6.97. The fourth-order valence-corrected chi connectivity index (χ4v) is 3.59. The average Bonchev–Trinajstić information content (AvgIpc) is 2.59. The summed E-state index contributed by atoms with van der Waals surface area (Å²) in [5.41, 5.74) is 1.66. The number of hydrogen-bond donors (Lipinski definition) is 0. The summed E-state index contributed by atoms with van der Waals surface area (Å²) >= 11 is 6.42. The molecule has 0 unspecified atom stereocenters. The number of aryl methyl sites for hydroxylation is 1. The fraction of sp³-hybridized carbons (Fsp3) is 0.474. The topological polar surface area (TPSA) is 69.0 Å². The third-order valence-electron chi connectivity index (χ3n) is 4.52. The first kappa shape index (κ1) is 18.7. The van der Waals surface area contributed by atoms with Crippen LogP contribution in [-0.2, 0) is 22.5 Å². The standard InChI is InChI=1S/C19H22ClNO5/c1-10(2)7-21-8-14-17-12(5-15(20)18(14)25-9-21)11(3)13(19(23)26-17)6-16(22)24-4/h5,10H,6-9H2,1-4H3. The number of rotatable bonds is 4. The Bertz CT molecular complexity index is 919. The molecular weight excluding hydrogens is 358 g/mol. The first-order chi connectivity index (χ1) is 12.3. The number of carbonyl (C=O) groups is 1. The molecule has 2 aromatic rings. The number of fused-ring (bicyclic) bond motifs is 3. The van der Waals surface area contributed by atoms with Gasteiger partial charge in [-0.15, -0.1) is 0 Å². The van der Waals surface area contributed by atoms with Crippen molar-refractivity contribution in [2.75, 3.05) is 20.4 Å². The summed E-state index contributed by atoms with van der Waals surface area (Å²) in [5, 5.41) is 1.18. The van der Waals surface area contributed by atoms with E-state index in [9.17, 15) is 9.59 Å². The molecule has 3 rings (SSSR count). The van der Waals surface area contributed by atoms with Crippen LogP contribution in [0.1, 0.15) is 30.5 Å². The highest BCUT2D eigenvalue weighted by molar-refractivity contribution is 6.33. The lowest BCUT2D eigenvalue weighted by molar-refractivity contribution is -0.139. The zero-order valence-electron chi connectivity index (χ0n) is 15.3. The summed E-state index contributed by atoms with van der Waals surface area (Å²) in [7, 11) is 1.29. The molecule has 140 valence electrons. The van der Waals surface area contributed by atoms with Gasteiger partial charge in [-0.3, -0.25) is 9.69 Å². The van der Waals surface area contributed by atoms with E-state index in [4.69, 9.17) is 20.8 Å². The Morgan fingerprint density at radius 1 is 1.42 bits per heavy atom. The van der Waals surface area contributed by atoms with Gasteiger partial charge in [0.05, 0.1) is 29.7 Å². The van der Waals surface area contributed by atoms with Crippen molar-refractivity contribution in [2.24, 2.45) is 5.92 Å². The highest BCUT2D eigenvalue weighted by Gasteiger charge is 2.26. The largest absolute Gasteiger partial charge is 0.476 e. The molecule has 6 nitrogen and oxygen atoms in total. The molecule has 2 heterocycles. The third-order valence-corrected chi connectivity index (χ3v) is 4.80. The van der Waals surface area contributed by atoms with Crippen LogP contribution < -0.4 is 10.4 Å². The van der Waals surface area contributed by atoms with Gasteiger partial charge in [0.1, 0.15) is 18.1 Å². The zero-order chi connectivity index (χ0) is 19.0. The molecule has 0 bridgehead atoms. The number of halogens is 1. The lowest BCUT2D eigenvalue weighted by atomic mass is 10.00. The monoisotopic (exact) mass is 379 g/mol. The van der Waals surface area contributed by atoms with Gasteiger partial charge in [0, 0.05) is 18.5 Å². The summed E-state index contributed by atoms with van der Waals surface area (Å²) in [4.78, 5) is 26.2. The van der Waals surface area contributed by atoms with E-state index < -0.39 is 11.6 Å². The Labute approximate surface area is 156 Å². The lowest BCUT2D eigenvalue weighted by Gasteiger charge is -2.31. The van der Waals surface area contributed by atoms with E-state index >= 15 is 0 Å². The van der Waals surface area contributed by atoms with Crippen molar-refractivity contribution < 1.29 is 18.7 Å². The first-order valence-corrected chi connectivity index (χ1v) is 8.89. The van der Waals surface area contributed by atoms with Crippen LogP contribution in [0.4, 0.5) is 0 Å². The van der Waals surface area contributed by atoms with Gasteiger partial charge in [0.2, 0.25) is 0 Å². The number of esters is 1. The number of benzene rings is 1. The van der Waals surface area contributed by atoms with Crippen LogP contribution in [0.5, 0.6) is 5.75 Å². The molecule has 0 aliphatic carbocycles. The van der Waals surface area contributed by atoms with Gasteiger partial charge in [0.25, 0.3) is 0 Å². The molecule has 1 aromatic heterocycles. The minimum Gasteiger partial charge on any atom is -0.476 e. The summed E-state index contributed by atoms with van der Waals surface area (Å²) in [6.45, 7) is 7.94. The van der Waals surface area contributed by atoms with Crippen LogP contribution >= 0.6 is 11.6 Å². The molecule has 1 aliphatic rings. The Morgan fingerprint density at radius 3 is 2.81 bits per heavy atom. The quantitative estimate of drug-likeness (QED) is 0.599. The normalized spacial score (nSPS) is 14.4. The Hall–Kier alpha value is -2.05. The number of hydrogen-bond acceptors (Lipinski definition) is 6. The van der Waals surface area contributed by atoms with Crippen LogP contribution in [0.2, 0.25) is 5.02 Å². The van der Waals surface area contributed by atoms with E-state index in [1.54, 1.807) is 13.0 Å². The molecule has 0 amide bonds. The van der Waals surface area contributed by atoms with Gasteiger partial charge >= 0.3 is 11.6 Å². The van der Waals surface area contributed by atoms with Gasteiger partial charge in [-0.25, -0.2) is 4.79 Å². The molecule has 0 saturated carbocycles. The van der Waals surface area contributed by atoms with Crippen LogP contribution in [0.25, 0.3) is 11.0 Å². The van der Waals surface area contributed by atoms with Crippen molar-refractivity contribution in [3.63, 3.8) is 0 Å². The van der Waals surface area contributed by atoms with Crippen molar-refractivity contribution >= 4 is 28.5 Å². The lowest BCUT2D eigenvalue weighted by Crippen LogP contribution is -2.35. The first-order valence-electron chi connectivity index (χ1n) is 8.51. The van der Waals surface area contributed by atoms with Crippen molar-refractivity contribution in [1.29, 1.82) is 0 Å². The van der Waals surface area contributed by atoms with E-state index in [0.29, 0.717) is 46.5 Å². The molecule has 0 radical (unpaired) electrons. The van der Waals surface area contributed by atoms with Crippen molar-refractivity contribution in [2.45, 2.75) is 33.7 Å². The Morgan fingerprint density at radius 2 is 2.15 bits per heavy atom. The van der Waals surface area contributed by atoms with Crippen LogP contribution in [-0.4, -0.2) is 31.3 Å². The second-order valence-corrected chi connectivity index (χ2v) is 7.37. The SMILES string of the molecule is COC(=O)Cc1c(C)c2cc(Cl)c3c(c2oc1=O)CN(CC(C)C)CO3. The number of methoxy groups -OCH3 is 1. The number of ether oxygens (including phenoxy) is 2. The second kappa shape index (κ2) is 7.29. The number of carbonyl (C=O) groups excluding carboxylic acids is 1. The van der Waals surface area contributed by atoms with Gasteiger partial charge in [-0.1, -0.05) is 25.4 Å². The highest BCUT2D eigenvalue weighted by atomic mass is 35.5. The minimum atomic E-state index is -0.536. The van der Waals surface area contributed by atoms with Crippen LogP contribution in [0.15, 0.2) is 15.3 Å². The fourth-order valence-electron chi connectivity index (χ4n) is 3.31. The molecule has 26 heavy (non-hydrogen) atoms. The maximum Gasteiger partial charge on any atom is 0.340 e. The van der Waals surface area contributed by atoms with Gasteiger partial charge in [0.15, 0.2) is 0 Å². The van der Waals surface area contributed by atoms with Gasteiger partial charge < -0.3 is 13.9 Å². The molecule has 1 aromatic carbocycles. The number of nitrogens with zero attached hydrogens (tertiary/aromatic N) is 1. The molecule has 0 saturated heterocycles. The average molecular weight is 380 g/mol. The summed E-state index contributed by atoms with van der Waals surface area (Å²) < 4.78 is 16.1. The van der Waals surface area contributed by atoms with E-state index in [1.165, 1.54) is 7.11 Å². The van der Waals surface area contributed by atoms with E-state index in [-0.39, 0.29) is 12.0 Å². The Balaban J connectivity index is 2.15. The molecule has 0 fully saturated rings. The van der Waals surface area contributed by atoms with Gasteiger partial charge in [-0.2, -0.15) is 0 Å². The third kappa shape index (κ3) is 3.44. The molecule has 7 heteroatoms. The van der Waals surface area contributed by atoms with E-state index in [2.05, 4.69) is 23.5 Å². The predicted octanol–water partition coefficient (Wildman–Crippen LogP) is 3.28. The Kier molecular flexibility index (Phi) is 5.25. The zero-order valence-corrected chi connectivity index (χ0v) is 16.1. The molecule has 0 N–H and O–H groups in total. The van der Waals surface area contributed by atoms with Crippen molar-refractivity contribution in [3.8, 4) is 5.75 Å². The van der Waals surface area contributed by atoms with Gasteiger partial charge in [-0.05, 0) is 24.5 Å². The smallest absolute Gasteiger partial charge is 0.340 e. The van der Waals surface area contributed by atoms with Crippen molar-refractivity contribution in [1.82, 2.24) is 4.90 Å². The van der Waals surface area contributed by atoms with E-state index in [0.717, 1.165) is 12.1 Å². The van der Waals surface area contributed by atoms with E-state index in [1.807, 2.05) is 0 Å².